The van der Waals surface area contributed by atoms with E-state index < -0.39 is 0 Å². The van der Waals surface area contributed by atoms with Gasteiger partial charge in [0.15, 0.2) is 0 Å². The predicted octanol–water partition coefficient (Wildman–Crippen LogP) is 0.280. The first-order valence-electron chi connectivity index (χ1n) is 1.78. The lowest BCUT2D eigenvalue weighted by Crippen LogP contribution is -2.04. The van der Waals surface area contributed by atoms with E-state index in [0.29, 0.717) is 0 Å². The summed E-state index contributed by atoms with van der Waals surface area (Å²) < 4.78 is 0. The second kappa shape index (κ2) is 1.67. The standard InChI is InChI=1S/C3H7NS/c1-2-5-3-4-1/h4H,1-3H2/i3+1. The zero-order valence-corrected chi connectivity index (χ0v) is 3.85. The predicted molar refractivity (Wildman–Crippen MR) is 25.3 cm³/mol. The van der Waals surface area contributed by atoms with Gasteiger partial charge in [-0.1, -0.05) is 0 Å². The van der Waals surface area contributed by atoms with Crippen LogP contribution in [-0.4, -0.2) is 18.2 Å². The van der Waals surface area contributed by atoms with E-state index in [9.17, 15) is 0 Å². The molecule has 0 aromatic heterocycles. The average molecular weight is 90.2 g/mol. The smallest absolute Gasteiger partial charge is 0.0418 e. The SMILES string of the molecule is C1CS[13CH2]N1. The highest BCUT2D eigenvalue weighted by Crippen LogP contribution is 1.99. The first kappa shape index (κ1) is 3.50. The molecule has 1 rings (SSSR count). The number of nitrogens with one attached hydrogen (secondary N) is 1. The Morgan fingerprint density at radius 2 is 2.60 bits per heavy atom. The van der Waals surface area contributed by atoms with Crippen LogP contribution in [0.15, 0.2) is 0 Å². The van der Waals surface area contributed by atoms with Crippen LogP contribution in [-0.2, 0) is 0 Å². The van der Waals surface area contributed by atoms with Crippen molar-refractivity contribution in [3.8, 4) is 0 Å². The van der Waals surface area contributed by atoms with E-state index in [4.69, 9.17) is 0 Å². The topological polar surface area (TPSA) is 12.0 Å². The average Bonchev–Trinajstić information content (AvgIpc) is 1.76. The zero-order valence-electron chi connectivity index (χ0n) is 3.03. The molecule has 0 spiro atoms. The van der Waals surface area contributed by atoms with Crippen molar-refractivity contribution in [3.05, 3.63) is 0 Å². The molecule has 0 saturated carbocycles. The normalized spacial score (nSPS) is 24.0. The maximum Gasteiger partial charge on any atom is 0.0418 e. The summed E-state index contributed by atoms with van der Waals surface area (Å²) in [5.41, 5.74) is 0. The highest BCUT2D eigenvalue weighted by atomic mass is 32.2. The molecular weight excluding hydrogens is 83.1 g/mol. The Kier molecular flexibility index (Phi) is 1.17. The summed E-state index contributed by atoms with van der Waals surface area (Å²) in [5, 5.41) is 3.19. The maximum absolute atomic E-state index is 3.19. The first-order valence-corrected chi connectivity index (χ1v) is 2.94. The lowest BCUT2D eigenvalue weighted by molar-refractivity contribution is 0.885. The molecule has 1 aliphatic heterocycles. The second-order valence-electron chi connectivity index (χ2n) is 1.05. The molecule has 1 heterocycles. The van der Waals surface area contributed by atoms with Gasteiger partial charge in [0.1, 0.15) is 0 Å². The number of hydrogen-bond acceptors (Lipinski definition) is 2. The molecule has 0 amide bonds. The van der Waals surface area contributed by atoms with Gasteiger partial charge in [0, 0.05) is 18.2 Å². The van der Waals surface area contributed by atoms with Crippen LogP contribution < -0.4 is 5.32 Å². The van der Waals surface area contributed by atoms with Gasteiger partial charge in [-0.25, -0.2) is 0 Å². The number of thioether (sulfide) groups is 1. The Bertz CT molecular complexity index is 18.5. The van der Waals surface area contributed by atoms with Crippen LogP contribution in [0, 0.1) is 0 Å². The molecule has 1 fully saturated rings. The van der Waals surface area contributed by atoms with Crippen LogP contribution >= 0.6 is 11.8 Å². The molecular formula is C3H7NS. The van der Waals surface area contributed by atoms with Crippen molar-refractivity contribution in [3.63, 3.8) is 0 Å². The van der Waals surface area contributed by atoms with Crippen molar-refractivity contribution in [2.75, 3.05) is 18.2 Å². The second-order valence-corrected chi connectivity index (χ2v) is 2.16. The molecule has 2 heteroatoms. The Hall–Kier alpha value is 0.310. The molecule has 0 aromatic rings. The third-order valence-corrected chi connectivity index (χ3v) is 1.53. The van der Waals surface area contributed by atoms with E-state index in [-0.39, 0.29) is 0 Å². The number of rotatable bonds is 0. The molecule has 0 aromatic carbocycles. The van der Waals surface area contributed by atoms with Gasteiger partial charge in [0.25, 0.3) is 0 Å². The van der Waals surface area contributed by atoms with Crippen molar-refractivity contribution in [2.24, 2.45) is 0 Å². The van der Waals surface area contributed by atoms with Gasteiger partial charge in [0.2, 0.25) is 0 Å². The highest BCUT2D eigenvalue weighted by Gasteiger charge is 1.93. The molecule has 1 saturated heterocycles. The van der Waals surface area contributed by atoms with E-state index in [1.165, 1.54) is 18.2 Å². The van der Waals surface area contributed by atoms with E-state index in [1.807, 2.05) is 11.8 Å². The summed E-state index contributed by atoms with van der Waals surface area (Å²) in [6.45, 7) is 1.21. The quantitative estimate of drug-likeness (QED) is 0.429. The fourth-order valence-corrected chi connectivity index (χ4v) is 1.08. The van der Waals surface area contributed by atoms with E-state index in [2.05, 4.69) is 5.32 Å². The van der Waals surface area contributed by atoms with Gasteiger partial charge in [0.05, 0.1) is 0 Å². The van der Waals surface area contributed by atoms with Crippen molar-refractivity contribution < 1.29 is 0 Å². The number of hydrogen-bond donors (Lipinski definition) is 1. The van der Waals surface area contributed by atoms with Crippen LogP contribution in [0.25, 0.3) is 0 Å². The molecule has 30 valence electrons. The van der Waals surface area contributed by atoms with Crippen LogP contribution in [0.2, 0.25) is 0 Å². The van der Waals surface area contributed by atoms with Crippen LogP contribution in [0.5, 0.6) is 0 Å². The molecule has 0 atom stereocenters. The van der Waals surface area contributed by atoms with Crippen LogP contribution in [0.3, 0.4) is 0 Å². The minimum Gasteiger partial charge on any atom is -0.307 e. The molecule has 1 nitrogen and oxygen atoms in total. The minimum atomic E-state index is 1.17. The molecule has 0 unspecified atom stereocenters. The lowest BCUT2D eigenvalue weighted by atomic mass is 10.8. The molecule has 1 N–H and O–H groups in total. The minimum absolute atomic E-state index is 1.17. The maximum atomic E-state index is 3.19. The summed E-state index contributed by atoms with van der Waals surface area (Å²) in [6, 6.07) is 0. The van der Waals surface area contributed by atoms with Crippen molar-refractivity contribution in [1.29, 1.82) is 0 Å². The van der Waals surface area contributed by atoms with Crippen molar-refractivity contribution in [2.45, 2.75) is 0 Å². The summed E-state index contributed by atoms with van der Waals surface area (Å²) in [4.78, 5) is 0. The highest BCUT2D eigenvalue weighted by molar-refractivity contribution is 7.99. The molecule has 0 aliphatic carbocycles. The Morgan fingerprint density at radius 1 is 1.60 bits per heavy atom. The van der Waals surface area contributed by atoms with Gasteiger partial charge in [-0.3, -0.25) is 0 Å². The fraction of sp³-hybridized carbons (Fsp3) is 1.00. The summed E-state index contributed by atoms with van der Waals surface area (Å²) in [5.74, 6) is 2.47. The lowest BCUT2D eigenvalue weighted by Gasteiger charge is -1.74. The van der Waals surface area contributed by atoms with Crippen LogP contribution in [0.4, 0.5) is 0 Å². The summed E-state index contributed by atoms with van der Waals surface area (Å²) in [6.07, 6.45) is 0. The van der Waals surface area contributed by atoms with Gasteiger partial charge in [-0.15, -0.1) is 11.8 Å². The molecule has 5 heavy (non-hydrogen) atoms. The monoisotopic (exact) mass is 90.0 g/mol. The van der Waals surface area contributed by atoms with E-state index in [0.717, 1.165) is 0 Å². The van der Waals surface area contributed by atoms with Gasteiger partial charge < -0.3 is 5.32 Å². The first-order chi connectivity index (χ1) is 2.50. The van der Waals surface area contributed by atoms with Gasteiger partial charge in [-0.05, 0) is 0 Å². The van der Waals surface area contributed by atoms with E-state index in [1.54, 1.807) is 0 Å². The largest absolute Gasteiger partial charge is 0.307 e. The van der Waals surface area contributed by atoms with Gasteiger partial charge >= 0.3 is 0 Å². The van der Waals surface area contributed by atoms with Gasteiger partial charge in [-0.2, -0.15) is 0 Å². The Morgan fingerprint density at radius 3 is 2.80 bits per heavy atom. The third kappa shape index (κ3) is 0.816. The summed E-state index contributed by atoms with van der Waals surface area (Å²) >= 11 is 1.96. The van der Waals surface area contributed by atoms with E-state index >= 15 is 0 Å². The Balaban J connectivity index is 2.08. The molecule has 0 radical (unpaired) electrons. The van der Waals surface area contributed by atoms with Crippen LogP contribution in [0.1, 0.15) is 0 Å². The fourth-order valence-electron chi connectivity index (χ4n) is 0.361. The zero-order chi connectivity index (χ0) is 3.54. The van der Waals surface area contributed by atoms with Crippen molar-refractivity contribution in [1.82, 2.24) is 5.32 Å². The van der Waals surface area contributed by atoms with Crippen molar-refractivity contribution >= 4 is 11.8 Å². The molecule has 0 bridgehead atoms. The third-order valence-electron chi connectivity index (χ3n) is 0.627. The Labute approximate surface area is 36.1 Å². The molecule has 1 aliphatic rings. The summed E-state index contributed by atoms with van der Waals surface area (Å²) in [7, 11) is 0.